The summed E-state index contributed by atoms with van der Waals surface area (Å²) in [6.07, 6.45) is 7.35. The van der Waals surface area contributed by atoms with Gasteiger partial charge in [-0.15, -0.1) is 0 Å². The number of aromatic nitrogens is 1. The highest BCUT2D eigenvalue weighted by Crippen LogP contribution is 2.11. The number of hydrogen-bond acceptors (Lipinski definition) is 4. The lowest BCUT2D eigenvalue weighted by Gasteiger charge is -2.15. The SMILES string of the molecule is C=C/C=C(\C=C)CCNC(=O)Cn1c(Cc2ccccc2)ccc(NC(=O)CCC)c1=O.CN. The lowest BCUT2D eigenvalue weighted by molar-refractivity contribution is -0.121. The third kappa shape index (κ3) is 9.42. The Morgan fingerprint density at radius 3 is 2.35 bits per heavy atom. The lowest BCUT2D eigenvalue weighted by Crippen LogP contribution is -2.35. The van der Waals surface area contributed by atoms with Crippen LogP contribution in [0.5, 0.6) is 0 Å². The molecular formula is C27H36N4O3. The molecule has 0 aliphatic heterocycles. The molecule has 0 radical (unpaired) electrons. The molecule has 0 fully saturated rings. The van der Waals surface area contributed by atoms with E-state index in [0.29, 0.717) is 37.9 Å². The number of allylic oxidation sites excluding steroid dienone is 3. The Morgan fingerprint density at radius 1 is 1.03 bits per heavy atom. The average Bonchev–Trinajstić information content (AvgIpc) is 2.84. The van der Waals surface area contributed by atoms with E-state index in [1.165, 1.54) is 11.6 Å². The minimum atomic E-state index is -0.392. The van der Waals surface area contributed by atoms with Gasteiger partial charge >= 0.3 is 0 Å². The van der Waals surface area contributed by atoms with Gasteiger partial charge in [0.15, 0.2) is 0 Å². The largest absolute Gasteiger partial charge is 0.354 e. The number of carbonyl (C=O) groups excluding carboxylic acids is 2. The van der Waals surface area contributed by atoms with Crippen LogP contribution in [0.4, 0.5) is 5.69 Å². The van der Waals surface area contributed by atoms with Crippen LogP contribution in [0, 0.1) is 0 Å². The standard InChI is InChI=1S/C26H31N3O3.CH5N/c1-4-10-20(6-3)16-17-27-25(31)19-29-22(18-21-12-8-7-9-13-21)14-15-23(26(29)32)28-24(30)11-5-2;1-2/h4,6-10,12-15H,1,3,5,11,16-19H2,2H3,(H,27,31)(H,28,30);2H2,1H3/b20-10+;. The molecule has 2 amide bonds. The van der Waals surface area contributed by atoms with Crippen LogP contribution >= 0.6 is 0 Å². The predicted octanol–water partition coefficient (Wildman–Crippen LogP) is 3.56. The number of anilines is 1. The Bertz CT molecular complexity index is 1040. The van der Waals surface area contributed by atoms with Crippen molar-refractivity contribution in [2.75, 3.05) is 18.9 Å². The van der Waals surface area contributed by atoms with Gasteiger partial charge in [-0.1, -0.05) is 68.6 Å². The van der Waals surface area contributed by atoms with Gasteiger partial charge in [0, 0.05) is 25.1 Å². The van der Waals surface area contributed by atoms with E-state index in [1.54, 1.807) is 24.3 Å². The van der Waals surface area contributed by atoms with Gasteiger partial charge in [-0.2, -0.15) is 0 Å². The van der Waals surface area contributed by atoms with Crippen molar-refractivity contribution in [3.63, 3.8) is 0 Å². The van der Waals surface area contributed by atoms with Gasteiger partial charge in [0.05, 0.1) is 0 Å². The lowest BCUT2D eigenvalue weighted by atomic mass is 10.1. The number of amides is 2. The van der Waals surface area contributed by atoms with Crippen LogP contribution in [0.3, 0.4) is 0 Å². The van der Waals surface area contributed by atoms with Crippen molar-refractivity contribution in [1.82, 2.24) is 9.88 Å². The monoisotopic (exact) mass is 464 g/mol. The van der Waals surface area contributed by atoms with Crippen molar-refractivity contribution in [2.24, 2.45) is 5.73 Å². The summed E-state index contributed by atoms with van der Waals surface area (Å²) in [6.45, 7) is 9.59. The summed E-state index contributed by atoms with van der Waals surface area (Å²) in [4.78, 5) is 37.7. The Morgan fingerprint density at radius 2 is 1.74 bits per heavy atom. The predicted molar refractivity (Wildman–Crippen MR) is 140 cm³/mol. The zero-order valence-corrected chi connectivity index (χ0v) is 20.2. The summed E-state index contributed by atoms with van der Waals surface area (Å²) >= 11 is 0. The number of hydrogen-bond donors (Lipinski definition) is 3. The molecular weight excluding hydrogens is 428 g/mol. The first-order chi connectivity index (χ1) is 16.5. The number of rotatable bonds is 12. The van der Waals surface area contributed by atoms with Crippen molar-refractivity contribution >= 4 is 17.5 Å². The van der Waals surface area contributed by atoms with Crippen LogP contribution in [0.15, 0.2) is 84.2 Å². The van der Waals surface area contributed by atoms with E-state index in [0.717, 1.165) is 11.1 Å². The Kier molecular flexibility index (Phi) is 13.3. The molecule has 2 rings (SSSR count). The fraction of sp³-hybridized carbons (Fsp3) is 0.296. The number of carbonyl (C=O) groups is 2. The summed E-state index contributed by atoms with van der Waals surface area (Å²) in [7, 11) is 1.50. The molecule has 182 valence electrons. The summed E-state index contributed by atoms with van der Waals surface area (Å²) in [5, 5.41) is 5.51. The molecule has 1 aromatic carbocycles. The van der Waals surface area contributed by atoms with Crippen LogP contribution < -0.4 is 21.9 Å². The molecule has 7 heteroatoms. The first kappa shape index (κ1) is 28.3. The molecule has 0 atom stereocenters. The minimum absolute atomic E-state index is 0.132. The minimum Gasteiger partial charge on any atom is -0.354 e. The molecule has 0 unspecified atom stereocenters. The quantitative estimate of drug-likeness (QED) is 0.418. The van der Waals surface area contributed by atoms with E-state index in [9.17, 15) is 14.4 Å². The molecule has 34 heavy (non-hydrogen) atoms. The Balaban J connectivity index is 0.00000281. The second-order valence-corrected chi connectivity index (χ2v) is 7.37. The third-order valence-electron chi connectivity index (χ3n) is 4.88. The van der Waals surface area contributed by atoms with Crippen LogP contribution in [-0.2, 0) is 22.6 Å². The van der Waals surface area contributed by atoms with E-state index < -0.39 is 5.56 Å². The molecule has 2 aromatic rings. The average molecular weight is 465 g/mol. The van der Waals surface area contributed by atoms with E-state index in [-0.39, 0.29) is 24.0 Å². The van der Waals surface area contributed by atoms with Gasteiger partial charge in [-0.25, -0.2) is 0 Å². The van der Waals surface area contributed by atoms with E-state index >= 15 is 0 Å². The summed E-state index contributed by atoms with van der Waals surface area (Å²) in [5.74, 6) is -0.497. The highest BCUT2D eigenvalue weighted by atomic mass is 16.2. The zero-order valence-electron chi connectivity index (χ0n) is 20.2. The summed E-state index contributed by atoms with van der Waals surface area (Å²) in [6, 6.07) is 13.1. The maximum Gasteiger partial charge on any atom is 0.275 e. The number of nitrogens with two attached hydrogens (primary N) is 1. The zero-order chi connectivity index (χ0) is 25.3. The van der Waals surface area contributed by atoms with Crippen molar-refractivity contribution in [2.45, 2.75) is 39.2 Å². The molecule has 0 saturated heterocycles. The van der Waals surface area contributed by atoms with Gasteiger partial charge < -0.3 is 20.9 Å². The molecule has 0 bridgehead atoms. The number of benzene rings is 1. The molecule has 0 aliphatic rings. The van der Waals surface area contributed by atoms with Crippen LogP contribution in [-0.4, -0.2) is 30.0 Å². The molecule has 1 aromatic heterocycles. The van der Waals surface area contributed by atoms with Gasteiger partial charge in [-0.3, -0.25) is 14.4 Å². The second-order valence-electron chi connectivity index (χ2n) is 7.37. The van der Waals surface area contributed by atoms with Crippen LogP contribution in [0.1, 0.15) is 37.4 Å². The van der Waals surface area contributed by atoms with Gasteiger partial charge in [-0.05, 0) is 43.2 Å². The highest BCUT2D eigenvalue weighted by Gasteiger charge is 2.14. The molecule has 7 nitrogen and oxygen atoms in total. The maximum absolute atomic E-state index is 13.1. The Hall–Kier alpha value is -3.71. The summed E-state index contributed by atoms with van der Waals surface area (Å²) < 4.78 is 1.43. The van der Waals surface area contributed by atoms with Gasteiger partial charge in [0.25, 0.3) is 5.56 Å². The topological polar surface area (TPSA) is 106 Å². The summed E-state index contributed by atoms with van der Waals surface area (Å²) in [5.41, 5.74) is 6.97. The maximum atomic E-state index is 13.1. The van der Waals surface area contributed by atoms with E-state index in [4.69, 9.17) is 0 Å². The second kappa shape index (κ2) is 16.0. The fourth-order valence-corrected chi connectivity index (χ4v) is 3.23. The van der Waals surface area contributed by atoms with Crippen LogP contribution in [0.25, 0.3) is 0 Å². The molecule has 0 spiro atoms. The smallest absolute Gasteiger partial charge is 0.275 e. The van der Waals surface area contributed by atoms with Crippen LogP contribution in [0.2, 0.25) is 0 Å². The highest BCUT2D eigenvalue weighted by molar-refractivity contribution is 5.90. The van der Waals surface area contributed by atoms with E-state index in [2.05, 4.69) is 29.5 Å². The Labute approximate surface area is 202 Å². The molecule has 0 saturated carbocycles. The number of nitrogens with one attached hydrogen (secondary N) is 2. The van der Waals surface area contributed by atoms with Crippen molar-refractivity contribution < 1.29 is 9.59 Å². The number of nitrogens with zero attached hydrogens (tertiary/aromatic N) is 1. The fourth-order valence-electron chi connectivity index (χ4n) is 3.23. The van der Waals surface area contributed by atoms with Gasteiger partial charge in [0.1, 0.15) is 12.2 Å². The number of pyridine rings is 1. The molecule has 0 aliphatic carbocycles. The van der Waals surface area contributed by atoms with Gasteiger partial charge in [0.2, 0.25) is 11.8 Å². The first-order valence-electron chi connectivity index (χ1n) is 11.3. The normalized spacial score (nSPS) is 10.5. The molecule has 4 N–H and O–H groups in total. The van der Waals surface area contributed by atoms with Crippen molar-refractivity contribution in [3.8, 4) is 0 Å². The van der Waals surface area contributed by atoms with Crippen molar-refractivity contribution in [3.05, 3.63) is 101 Å². The van der Waals surface area contributed by atoms with Crippen molar-refractivity contribution in [1.29, 1.82) is 0 Å². The third-order valence-corrected chi connectivity index (χ3v) is 4.88. The first-order valence-corrected chi connectivity index (χ1v) is 11.3. The molecule has 1 heterocycles. The van der Waals surface area contributed by atoms with E-state index in [1.807, 2.05) is 43.3 Å².